The van der Waals surface area contributed by atoms with Crippen LogP contribution in [0, 0.1) is 0 Å². The fourth-order valence-electron chi connectivity index (χ4n) is 3.24. The van der Waals surface area contributed by atoms with Gasteiger partial charge in [-0.15, -0.1) is 34.4 Å². The Labute approximate surface area is 177 Å². The minimum absolute atomic E-state index is 0.782. The molecule has 0 aliphatic carbocycles. The molecule has 2 nitrogen and oxygen atoms in total. The molecule has 0 radical (unpaired) electrons. The summed E-state index contributed by atoms with van der Waals surface area (Å²) in [5, 5.41) is 4.48. The van der Waals surface area contributed by atoms with Crippen molar-refractivity contribution in [1.29, 1.82) is 0 Å². The van der Waals surface area contributed by atoms with E-state index in [9.17, 15) is 4.79 Å². The summed E-state index contributed by atoms with van der Waals surface area (Å²) >= 11 is 5.32. The van der Waals surface area contributed by atoms with Gasteiger partial charge in [0.2, 0.25) is 0 Å². The highest BCUT2D eigenvalue weighted by Gasteiger charge is 2.13. The SMILES string of the molecule is CCCc1nc(CCSc2ccc(C=O)c3sccc23)c(-c2ccccc2)s1. The molecule has 2 aromatic heterocycles. The predicted octanol–water partition coefficient (Wildman–Crippen LogP) is 7.12. The van der Waals surface area contributed by atoms with E-state index in [1.54, 1.807) is 11.3 Å². The number of rotatable bonds is 8. The normalized spacial score (nSPS) is 11.2. The molecule has 2 aromatic carbocycles. The van der Waals surface area contributed by atoms with Crippen molar-refractivity contribution in [3.63, 3.8) is 0 Å². The number of thiazole rings is 1. The third kappa shape index (κ3) is 4.07. The Morgan fingerprint density at radius 2 is 1.93 bits per heavy atom. The Kier molecular flexibility index (Phi) is 6.25. The fourth-order valence-corrected chi connectivity index (χ4v) is 6.42. The number of thiophene rings is 1. The molecule has 4 rings (SSSR count). The van der Waals surface area contributed by atoms with Crippen molar-refractivity contribution in [2.45, 2.75) is 31.1 Å². The van der Waals surface area contributed by atoms with Gasteiger partial charge in [-0.1, -0.05) is 37.3 Å². The lowest BCUT2D eigenvalue weighted by Crippen LogP contribution is -1.93. The van der Waals surface area contributed by atoms with Gasteiger partial charge in [0.25, 0.3) is 0 Å². The van der Waals surface area contributed by atoms with Gasteiger partial charge in [0.15, 0.2) is 6.29 Å². The summed E-state index contributed by atoms with van der Waals surface area (Å²) in [4.78, 5) is 18.7. The average Bonchev–Trinajstić information content (AvgIpc) is 3.37. The highest BCUT2D eigenvalue weighted by molar-refractivity contribution is 7.99. The van der Waals surface area contributed by atoms with Crippen LogP contribution in [0.2, 0.25) is 0 Å². The number of aldehydes is 1. The van der Waals surface area contributed by atoms with Crippen LogP contribution in [0.3, 0.4) is 0 Å². The van der Waals surface area contributed by atoms with Gasteiger partial charge in [0.1, 0.15) is 0 Å². The fraction of sp³-hybridized carbons (Fsp3) is 0.217. The van der Waals surface area contributed by atoms with E-state index in [2.05, 4.69) is 54.8 Å². The number of hydrogen-bond acceptors (Lipinski definition) is 5. The van der Waals surface area contributed by atoms with E-state index in [0.29, 0.717) is 0 Å². The van der Waals surface area contributed by atoms with Crippen molar-refractivity contribution in [2.75, 3.05) is 5.75 Å². The van der Waals surface area contributed by atoms with Crippen molar-refractivity contribution in [2.24, 2.45) is 0 Å². The monoisotopic (exact) mass is 423 g/mol. The number of benzene rings is 2. The summed E-state index contributed by atoms with van der Waals surface area (Å²) in [6.45, 7) is 2.20. The van der Waals surface area contributed by atoms with Gasteiger partial charge in [0.05, 0.1) is 15.6 Å². The summed E-state index contributed by atoms with van der Waals surface area (Å²) in [6.07, 6.45) is 4.05. The summed E-state index contributed by atoms with van der Waals surface area (Å²) in [6, 6.07) is 16.7. The first-order valence-electron chi connectivity index (χ1n) is 9.42. The number of fused-ring (bicyclic) bond motifs is 1. The number of carbonyl (C=O) groups is 1. The van der Waals surface area contributed by atoms with Crippen LogP contribution in [0.1, 0.15) is 34.4 Å². The quantitative estimate of drug-likeness (QED) is 0.223. The van der Waals surface area contributed by atoms with Crippen molar-refractivity contribution < 1.29 is 4.79 Å². The zero-order valence-corrected chi connectivity index (χ0v) is 18.1. The largest absolute Gasteiger partial charge is 0.298 e. The minimum atomic E-state index is 0.782. The Bertz CT molecular complexity index is 1080. The Morgan fingerprint density at radius 1 is 1.07 bits per heavy atom. The van der Waals surface area contributed by atoms with E-state index in [1.165, 1.54) is 31.4 Å². The molecule has 28 heavy (non-hydrogen) atoms. The number of nitrogens with zero attached hydrogens (tertiary/aromatic N) is 1. The third-order valence-corrected chi connectivity index (χ3v) is 7.82. The van der Waals surface area contributed by atoms with E-state index in [-0.39, 0.29) is 0 Å². The molecule has 142 valence electrons. The van der Waals surface area contributed by atoms with Crippen LogP contribution in [-0.2, 0) is 12.8 Å². The van der Waals surface area contributed by atoms with Crippen LogP contribution in [-0.4, -0.2) is 17.0 Å². The summed E-state index contributed by atoms with van der Waals surface area (Å²) in [5.41, 5.74) is 3.25. The van der Waals surface area contributed by atoms with E-state index < -0.39 is 0 Å². The van der Waals surface area contributed by atoms with Gasteiger partial charge in [-0.3, -0.25) is 4.79 Å². The van der Waals surface area contributed by atoms with Gasteiger partial charge < -0.3 is 0 Å². The van der Waals surface area contributed by atoms with Crippen LogP contribution < -0.4 is 0 Å². The first kappa shape index (κ1) is 19.4. The Hall–Kier alpha value is -1.95. The van der Waals surface area contributed by atoms with Crippen molar-refractivity contribution in [1.82, 2.24) is 4.98 Å². The number of aromatic nitrogens is 1. The molecule has 4 aromatic rings. The average molecular weight is 424 g/mol. The number of thioether (sulfide) groups is 1. The second-order valence-corrected chi connectivity index (χ2v) is 9.67. The molecular formula is C23H21NOS3. The summed E-state index contributed by atoms with van der Waals surface area (Å²) < 4.78 is 1.09. The van der Waals surface area contributed by atoms with Gasteiger partial charge in [0, 0.05) is 32.7 Å². The second kappa shape index (κ2) is 9.03. The van der Waals surface area contributed by atoms with Gasteiger partial charge in [-0.25, -0.2) is 4.98 Å². The maximum Gasteiger partial charge on any atom is 0.151 e. The van der Waals surface area contributed by atoms with Gasteiger partial charge in [-0.05, 0) is 42.0 Å². The van der Waals surface area contributed by atoms with Gasteiger partial charge in [-0.2, -0.15) is 0 Å². The first-order chi connectivity index (χ1) is 13.8. The zero-order valence-electron chi connectivity index (χ0n) is 15.7. The molecule has 0 amide bonds. The lowest BCUT2D eigenvalue weighted by atomic mass is 10.1. The molecule has 0 aliphatic rings. The maximum atomic E-state index is 11.2. The lowest BCUT2D eigenvalue weighted by Gasteiger charge is -2.06. The molecule has 0 atom stereocenters. The molecule has 0 N–H and O–H groups in total. The molecule has 0 bridgehead atoms. The van der Waals surface area contributed by atoms with Crippen molar-refractivity contribution in [3.05, 3.63) is 70.2 Å². The molecule has 0 aliphatic heterocycles. The van der Waals surface area contributed by atoms with Crippen molar-refractivity contribution in [3.8, 4) is 10.4 Å². The smallest absolute Gasteiger partial charge is 0.151 e. The number of aryl methyl sites for hydroxylation is 2. The van der Waals surface area contributed by atoms with Crippen molar-refractivity contribution >= 4 is 50.8 Å². The van der Waals surface area contributed by atoms with Crippen LogP contribution >= 0.6 is 34.4 Å². The number of carbonyl (C=O) groups excluding carboxylic acids is 1. The molecular weight excluding hydrogens is 402 g/mol. The van der Waals surface area contributed by atoms with Crippen LogP contribution in [0.4, 0.5) is 0 Å². The lowest BCUT2D eigenvalue weighted by molar-refractivity contribution is 0.112. The van der Waals surface area contributed by atoms with Gasteiger partial charge >= 0.3 is 0 Å². The zero-order chi connectivity index (χ0) is 19.3. The molecule has 0 saturated heterocycles. The van der Waals surface area contributed by atoms with E-state index >= 15 is 0 Å². The maximum absolute atomic E-state index is 11.2. The molecule has 0 saturated carbocycles. The number of hydrogen-bond donors (Lipinski definition) is 0. The molecule has 0 spiro atoms. The van der Waals surface area contributed by atoms with E-state index in [1.807, 2.05) is 29.2 Å². The molecule has 2 heterocycles. The van der Waals surface area contributed by atoms with Crippen LogP contribution in [0.15, 0.2) is 58.8 Å². The summed E-state index contributed by atoms with van der Waals surface area (Å²) in [7, 11) is 0. The highest BCUT2D eigenvalue weighted by Crippen LogP contribution is 2.35. The second-order valence-electron chi connectivity index (χ2n) is 6.53. The first-order valence-corrected chi connectivity index (χ1v) is 12.1. The molecule has 5 heteroatoms. The standard InChI is InChI=1S/C23H21NOS3/c1-2-6-21-24-19(23(28-21)16-7-4-3-5-8-16)12-14-26-20-10-9-17(15-25)22-18(20)11-13-27-22/h3-5,7-11,13,15H,2,6,12,14H2,1H3. The van der Waals surface area contributed by atoms with Crippen LogP contribution in [0.25, 0.3) is 20.5 Å². The molecule has 0 fully saturated rings. The minimum Gasteiger partial charge on any atom is -0.298 e. The predicted molar refractivity (Wildman–Crippen MR) is 123 cm³/mol. The molecule has 0 unspecified atom stereocenters. The van der Waals surface area contributed by atoms with E-state index in [4.69, 9.17) is 4.98 Å². The Balaban J connectivity index is 1.54. The van der Waals surface area contributed by atoms with E-state index in [0.717, 1.165) is 41.6 Å². The van der Waals surface area contributed by atoms with Crippen LogP contribution in [0.5, 0.6) is 0 Å². The highest BCUT2D eigenvalue weighted by atomic mass is 32.2. The third-order valence-electron chi connectivity index (χ3n) is 4.57. The topological polar surface area (TPSA) is 30.0 Å². The summed E-state index contributed by atoms with van der Waals surface area (Å²) in [5.74, 6) is 0.973. The Morgan fingerprint density at radius 3 is 2.71 bits per heavy atom.